The molecule has 0 unspecified atom stereocenters. The first kappa shape index (κ1) is 19.0. The molecule has 0 aromatic heterocycles. The van der Waals surface area contributed by atoms with E-state index in [-0.39, 0.29) is 23.2 Å². The van der Waals surface area contributed by atoms with Gasteiger partial charge in [0.2, 0.25) is 5.91 Å². The first-order valence-corrected chi connectivity index (χ1v) is 10.9. The Kier molecular flexibility index (Phi) is 5.93. The van der Waals surface area contributed by atoms with Crippen molar-refractivity contribution in [1.82, 2.24) is 15.5 Å². The number of carbonyl (C=O) groups is 2. The molecule has 4 aliphatic rings. The van der Waals surface area contributed by atoms with Crippen molar-refractivity contribution in [3.8, 4) is 0 Å². The van der Waals surface area contributed by atoms with E-state index >= 15 is 0 Å². The lowest BCUT2D eigenvalue weighted by Gasteiger charge is -2.56. The highest BCUT2D eigenvalue weighted by Gasteiger charge is 2.51. The van der Waals surface area contributed by atoms with Gasteiger partial charge in [-0.05, 0) is 70.1 Å². The molecule has 5 nitrogen and oxygen atoms in total. The number of imide groups is 1. The first-order chi connectivity index (χ1) is 11.9. The number of amides is 3. The first-order valence-electron chi connectivity index (χ1n) is 9.46. The lowest BCUT2D eigenvalue weighted by molar-refractivity contribution is -0.117. The SMILES string of the molecule is CCN(CC)C(=S)SCC(=O)NC(=O)NC12CC3CC(CC(C3)C1)C2. The summed E-state index contributed by atoms with van der Waals surface area (Å²) in [5, 5.41) is 5.66. The van der Waals surface area contributed by atoms with Crippen molar-refractivity contribution in [2.75, 3.05) is 18.8 Å². The molecule has 3 amide bonds. The van der Waals surface area contributed by atoms with Crippen LogP contribution in [0.5, 0.6) is 0 Å². The van der Waals surface area contributed by atoms with E-state index in [1.54, 1.807) is 0 Å². The second-order valence-corrected chi connectivity index (χ2v) is 9.54. The summed E-state index contributed by atoms with van der Waals surface area (Å²) in [6, 6.07) is -0.332. The molecule has 140 valence electrons. The number of thioether (sulfide) groups is 1. The quantitative estimate of drug-likeness (QED) is 0.714. The molecule has 0 saturated heterocycles. The van der Waals surface area contributed by atoms with Gasteiger partial charge in [0.15, 0.2) is 0 Å². The number of carbonyl (C=O) groups excluding carboxylic acids is 2. The van der Waals surface area contributed by atoms with E-state index in [0.29, 0.717) is 4.32 Å². The lowest BCUT2D eigenvalue weighted by atomic mass is 9.53. The zero-order valence-electron chi connectivity index (χ0n) is 15.2. The van der Waals surface area contributed by atoms with E-state index in [4.69, 9.17) is 12.2 Å². The van der Waals surface area contributed by atoms with Gasteiger partial charge in [-0.3, -0.25) is 10.1 Å². The Morgan fingerprint density at radius 2 is 1.60 bits per heavy atom. The Morgan fingerprint density at radius 3 is 2.08 bits per heavy atom. The highest BCUT2D eigenvalue weighted by molar-refractivity contribution is 8.23. The largest absolute Gasteiger partial charge is 0.358 e. The van der Waals surface area contributed by atoms with E-state index in [2.05, 4.69) is 10.6 Å². The van der Waals surface area contributed by atoms with Gasteiger partial charge in [0.1, 0.15) is 4.32 Å². The second-order valence-electron chi connectivity index (χ2n) is 7.93. The molecule has 0 radical (unpaired) electrons. The van der Waals surface area contributed by atoms with Gasteiger partial charge in [0.05, 0.1) is 5.75 Å². The topological polar surface area (TPSA) is 61.4 Å². The lowest BCUT2D eigenvalue weighted by Crippen LogP contribution is -2.61. The van der Waals surface area contributed by atoms with E-state index in [1.165, 1.54) is 31.0 Å². The Balaban J connectivity index is 1.45. The number of hydrogen-bond donors (Lipinski definition) is 2. The number of nitrogens with zero attached hydrogens (tertiary/aromatic N) is 1. The number of rotatable bonds is 5. The number of hydrogen-bond acceptors (Lipinski definition) is 4. The second kappa shape index (κ2) is 7.82. The van der Waals surface area contributed by atoms with Crippen LogP contribution in [0.2, 0.25) is 0 Å². The molecule has 0 aromatic carbocycles. The van der Waals surface area contributed by atoms with Crippen LogP contribution in [0, 0.1) is 17.8 Å². The van der Waals surface area contributed by atoms with Crippen molar-refractivity contribution in [1.29, 1.82) is 0 Å². The Morgan fingerprint density at radius 1 is 1.08 bits per heavy atom. The molecular weight excluding hydrogens is 354 g/mol. The maximum Gasteiger partial charge on any atom is 0.321 e. The summed E-state index contributed by atoms with van der Waals surface area (Å²) in [6.07, 6.45) is 7.26. The zero-order valence-corrected chi connectivity index (χ0v) is 16.8. The standard InChI is InChI=1S/C18H29N3O2S2/c1-3-21(4-2)17(24)25-11-15(22)19-16(23)20-18-8-12-5-13(9-18)7-14(6-12)10-18/h12-14H,3-11H2,1-2H3,(H2,19,20,22,23). The fraction of sp³-hybridized carbons (Fsp3) is 0.833. The number of thiocarbonyl (C=S) groups is 1. The van der Waals surface area contributed by atoms with Crippen LogP contribution < -0.4 is 10.6 Å². The van der Waals surface area contributed by atoms with Crippen LogP contribution in [-0.2, 0) is 4.79 Å². The summed E-state index contributed by atoms with van der Waals surface area (Å²) in [7, 11) is 0. The molecule has 0 atom stereocenters. The predicted molar refractivity (Wildman–Crippen MR) is 106 cm³/mol. The van der Waals surface area contributed by atoms with Crippen LogP contribution in [0.1, 0.15) is 52.4 Å². The minimum atomic E-state index is -0.332. The maximum atomic E-state index is 12.3. The molecule has 4 aliphatic carbocycles. The van der Waals surface area contributed by atoms with Crippen LogP contribution in [0.15, 0.2) is 0 Å². The van der Waals surface area contributed by atoms with Crippen molar-refractivity contribution in [3.05, 3.63) is 0 Å². The average Bonchev–Trinajstić information content (AvgIpc) is 2.52. The molecular formula is C18H29N3O2S2. The monoisotopic (exact) mass is 383 g/mol. The van der Waals surface area contributed by atoms with E-state index in [0.717, 1.165) is 50.1 Å². The molecule has 7 heteroatoms. The minimum absolute atomic E-state index is 0.0667. The molecule has 2 N–H and O–H groups in total. The van der Waals surface area contributed by atoms with Gasteiger partial charge >= 0.3 is 6.03 Å². The van der Waals surface area contributed by atoms with Crippen LogP contribution in [-0.4, -0.2) is 45.5 Å². The molecule has 4 fully saturated rings. The molecule has 0 heterocycles. The van der Waals surface area contributed by atoms with E-state index < -0.39 is 0 Å². The van der Waals surface area contributed by atoms with Crippen molar-refractivity contribution < 1.29 is 9.59 Å². The van der Waals surface area contributed by atoms with Gasteiger partial charge in [-0.25, -0.2) is 4.79 Å². The zero-order chi connectivity index (χ0) is 18.0. The third kappa shape index (κ3) is 4.48. The van der Waals surface area contributed by atoms with Crippen LogP contribution >= 0.6 is 24.0 Å². The van der Waals surface area contributed by atoms with Crippen molar-refractivity contribution in [2.45, 2.75) is 57.9 Å². The van der Waals surface area contributed by atoms with Gasteiger partial charge in [0.25, 0.3) is 0 Å². The average molecular weight is 384 g/mol. The maximum absolute atomic E-state index is 12.3. The summed E-state index contributed by atoms with van der Waals surface area (Å²) >= 11 is 6.64. The van der Waals surface area contributed by atoms with Gasteiger partial charge in [-0.1, -0.05) is 24.0 Å². The third-order valence-corrected chi connectivity index (χ3v) is 7.54. The molecule has 4 rings (SSSR count). The third-order valence-electron chi connectivity index (χ3n) is 6.02. The van der Waals surface area contributed by atoms with Crippen LogP contribution in [0.4, 0.5) is 4.79 Å². The smallest absolute Gasteiger partial charge is 0.321 e. The Hall–Kier alpha value is -0.820. The molecule has 4 saturated carbocycles. The fourth-order valence-corrected chi connectivity index (χ4v) is 6.60. The highest BCUT2D eigenvalue weighted by Crippen LogP contribution is 2.55. The number of nitrogens with one attached hydrogen (secondary N) is 2. The summed E-state index contributed by atoms with van der Waals surface area (Å²) < 4.78 is 0.710. The number of urea groups is 1. The molecule has 0 aromatic rings. The van der Waals surface area contributed by atoms with Gasteiger partial charge in [-0.2, -0.15) is 0 Å². The summed E-state index contributed by atoms with van der Waals surface area (Å²) in [6.45, 7) is 5.73. The minimum Gasteiger partial charge on any atom is -0.358 e. The van der Waals surface area contributed by atoms with Gasteiger partial charge in [0, 0.05) is 18.6 Å². The highest BCUT2D eigenvalue weighted by atomic mass is 32.2. The molecule has 4 bridgehead atoms. The normalized spacial score (nSPS) is 32.3. The van der Waals surface area contributed by atoms with Crippen LogP contribution in [0.25, 0.3) is 0 Å². The summed E-state index contributed by atoms with van der Waals surface area (Å²) in [5.74, 6) is 2.21. The summed E-state index contributed by atoms with van der Waals surface area (Å²) in [4.78, 5) is 26.4. The van der Waals surface area contributed by atoms with Crippen molar-refractivity contribution in [2.24, 2.45) is 17.8 Å². The van der Waals surface area contributed by atoms with Gasteiger partial charge < -0.3 is 10.2 Å². The molecule has 25 heavy (non-hydrogen) atoms. The summed E-state index contributed by atoms with van der Waals surface area (Å²) in [5.41, 5.74) is -0.0667. The Labute approximate surface area is 160 Å². The molecule has 0 spiro atoms. The fourth-order valence-electron chi connectivity index (χ4n) is 5.40. The van der Waals surface area contributed by atoms with Crippen molar-refractivity contribution >= 4 is 40.2 Å². The van der Waals surface area contributed by atoms with E-state index in [1.807, 2.05) is 18.7 Å². The predicted octanol–water partition coefficient (Wildman–Crippen LogP) is 3.14. The van der Waals surface area contributed by atoms with E-state index in [9.17, 15) is 9.59 Å². The Bertz CT molecular complexity index is 513. The van der Waals surface area contributed by atoms with Gasteiger partial charge in [-0.15, -0.1) is 0 Å². The molecule has 0 aliphatic heterocycles. The van der Waals surface area contributed by atoms with Crippen LogP contribution in [0.3, 0.4) is 0 Å². The van der Waals surface area contributed by atoms with Crippen molar-refractivity contribution in [3.63, 3.8) is 0 Å².